The number of fused-ring (bicyclic) bond motifs is 1. The molecule has 2 atom stereocenters. The van der Waals surface area contributed by atoms with Crippen molar-refractivity contribution in [1.82, 2.24) is 10.2 Å². The first-order chi connectivity index (χ1) is 7.62. The summed E-state index contributed by atoms with van der Waals surface area (Å²) < 4.78 is 22.7. The Balaban J connectivity index is 1.75. The van der Waals surface area contributed by atoms with Gasteiger partial charge >= 0.3 is 0 Å². The molecule has 2 rings (SSSR count). The standard InChI is InChI=1S/C11H22N2O2S/c1-2-16(14,15)9-6-12-10-5-8-13-7-3-4-11(10)13/h10-12H,2-9H2,1H3. The van der Waals surface area contributed by atoms with Crippen LogP contribution in [-0.4, -0.2) is 56.5 Å². The maximum Gasteiger partial charge on any atom is 0.151 e. The van der Waals surface area contributed by atoms with Gasteiger partial charge in [0.1, 0.15) is 0 Å². The minimum atomic E-state index is -2.81. The predicted octanol–water partition coefficient (Wildman–Crippen LogP) is 0.247. The molecule has 0 aromatic rings. The monoisotopic (exact) mass is 246 g/mol. The average Bonchev–Trinajstić information content (AvgIpc) is 2.82. The van der Waals surface area contributed by atoms with Crippen molar-refractivity contribution in [3.63, 3.8) is 0 Å². The summed E-state index contributed by atoms with van der Waals surface area (Å²) in [6.07, 6.45) is 3.76. The fourth-order valence-corrected chi connectivity index (χ4v) is 3.58. The molecule has 2 aliphatic heterocycles. The summed E-state index contributed by atoms with van der Waals surface area (Å²) in [5, 5.41) is 3.42. The van der Waals surface area contributed by atoms with Crippen LogP contribution >= 0.6 is 0 Å². The Morgan fingerprint density at radius 2 is 2.12 bits per heavy atom. The lowest BCUT2D eigenvalue weighted by Gasteiger charge is -2.21. The van der Waals surface area contributed by atoms with Gasteiger partial charge in [0.25, 0.3) is 0 Å². The summed E-state index contributed by atoms with van der Waals surface area (Å²) >= 11 is 0. The van der Waals surface area contributed by atoms with Crippen molar-refractivity contribution < 1.29 is 8.42 Å². The molecule has 2 heterocycles. The Hall–Kier alpha value is -0.130. The summed E-state index contributed by atoms with van der Waals surface area (Å²) in [6.45, 7) is 4.74. The molecule has 1 N–H and O–H groups in total. The van der Waals surface area contributed by atoms with Crippen LogP contribution in [0.3, 0.4) is 0 Å². The van der Waals surface area contributed by atoms with E-state index in [1.54, 1.807) is 6.92 Å². The van der Waals surface area contributed by atoms with Gasteiger partial charge in [-0.25, -0.2) is 8.42 Å². The van der Waals surface area contributed by atoms with Crippen LogP contribution in [0.4, 0.5) is 0 Å². The molecule has 4 nitrogen and oxygen atoms in total. The summed E-state index contributed by atoms with van der Waals surface area (Å²) in [4.78, 5) is 2.53. The lowest BCUT2D eigenvalue weighted by molar-refractivity contribution is 0.300. The fourth-order valence-electron chi connectivity index (χ4n) is 2.86. The van der Waals surface area contributed by atoms with Crippen molar-refractivity contribution in [2.24, 2.45) is 0 Å². The number of nitrogens with zero attached hydrogens (tertiary/aromatic N) is 1. The van der Waals surface area contributed by atoms with E-state index in [9.17, 15) is 8.42 Å². The minimum Gasteiger partial charge on any atom is -0.311 e. The van der Waals surface area contributed by atoms with Gasteiger partial charge in [0.05, 0.1) is 5.75 Å². The molecule has 0 aromatic heterocycles. The SMILES string of the molecule is CCS(=O)(=O)CCNC1CCN2CCCC12. The Bertz CT molecular complexity index is 329. The van der Waals surface area contributed by atoms with E-state index in [0.717, 1.165) is 0 Å². The molecule has 0 aliphatic carbocycles. The average molecular weight is 246 g/mol. The van der Waals surface area contributed by atoms with Gasteiger partial charge < -0.3 is 5.32 Å². The van der Waals surface area contributed by atoms with Gasteiger partial charge in [-0.05, 0) is 25.8 Å². The summed E-state index contributed by atoms with van der Waals surface area (Å²) in [5.74, 6) is 0.543. The van der Waals surface area contributed by atoms with Gasteiger partial charge in [0.2, 0.25) is 0 Å². The zero-order chi connectivity index (χ0) is 11.6. The first-order valence-electron chi connectivity index (χ1n) is 6.30. The Morgan fingerprint density at radius 3 is 2.88 bits per heavy atom. The molecule has 0 bridgehead atoms. The van der Waals surface area contributed by atoms with E-state index in [1.807, 2.05) is 0 Å². The van der Waals surface area contributed by atoms with Crippen molar-refractivity contribution in [1.29, 1.82) is 0 Å². The zero-order valence-corrected chi connectivity index (χ0v) is 10.8. The summed E-state index contributed by atoms with van der Waals surface area (Å²) in [6, 6.07) is 1.19. The van der Waals surface area contributed by atoms with Crippen LogP contribution in [0.5, 0.6) is 0 Å². The molecule has 0 radical (unpaired) electrons. The quantitative estimate of drug-likeness (QED) is 0.755. The van der Waals surface area contributed by atoms with Crippen molar-refractivity contribution in [2.75, 3.05) is 31.1 Å². The van der Waals surface area contributed by atoms with Crippen LogP contribution in [0, 0.1) is 0 Å². The van der Waals surface area contributed by atoms with Crippen molar-refractivity contribution in [3.05, 3.63) is 0 Å². The number of nitrogens with one attached hydrogen (secondary N) is 1. The third kappa shape index (κ3) is 2.76. The second-order valence-corrected chi connectivity index (χ2v) is 7.30. The normalized spacial score (nSPS) is 30.8. The van der Waals surface area contributed by atoms with E-state index in [-0.39, 0.29) is 11.5 Å². The van der Waals surface area contributed by atoms with Crippen molar-refractivity contribution >= 4 is 9.84 Å². The van der Waals surface area contributed by atoms with Gasteiger partial charge in [-0.1, -0.05) is 6.92 Å². The highest BCUT2D eigenvalue weighted by Gasteiger charge is 2.36. The molecular weight excluding hydrogens is 224 g/mol. The van der Waals surface area contributed by atoms with Crippen LogP contribution in [0.1, 0.15) is 26.2 Å². The van der Waals surface area contributed by atoms with Gasteiger partial charge in [0, 0.05) is 30.9 Å². The van der Waals surface area contributed by atoms with Gasteiger partial charge in [-0.2, -0.15) is 0 Å². The molecule has 0 spiro atoms. The van der Waals surface area contributed by atoms with Crippen molar-refractivity contribution in [3.8, 4) is 0 Å². The first-order valence-corrected chi connectivity index (χ1v) is 8.12. The molecule has 2 saturated heterocycles. The number of rotatable bonds is 5. The predicted molar refractivity (Wildman–Crippen MR) is 65.3 cm³/mol. The largest absolute Gasteiger partial charge is 0.311 e. The van der Waals surface area contributed by atoms with Crippen LogP contribution in [0.2, 0.25) is 0 Å². The Kier molecular flexibility index (Phi) is 3.87. The fraction of sp³-hybridized carbons (Fsp3) is 1.00. The molecule has 94 valence electrons. The molecule has 0 saturated carbocycles. The van der Waals surface area contributed by atoms with Gasteiger partial charge in [0.15, 0.2) is 9.84 Å². The summed E-state index contributed by atoms with van der Waals surface area (Å²) in [7, 11) is -2.81. The molecule has 5 heteroatoms. The maximum absolute atomic E-state index is 11.4. The molecular formula is C11H22N2O2S. The number of hydrogen-bond acceptors (Lipinski definition) is 4. The first kappa shape index (κ1) is 12.3. The van der Waals surface area contributed by atoms with E-state index in [1.165, 1.54) is 32.4 Å². The number of hydrogen-bond donors (Lipinski definition) is 1. The second-order valence-electron chi connectivity index (χ2n) is 4.83. The third-order valence-corrected chi connectivity index (χ3v) is 5.57. The topological polar surface area (TPSA) is 49.4 Å². The van der Waals surface area contributed by atoms with E-state index in [2.05, 4.69) is 10.2 Å². The minimum absolute atomic E-state index is 0.259. The highest BCUT2D eigenvalue weighted by Crippen LogP contribution is 2.27. The molecule has 0 aromatic carbocycles. The van der Waals surface area contributed by atoms with Crippen LogP contribution in [-0.2, 0) is 9.84 Å². The smallest absolute Gasteiger partial charge is 0.151 e. The van der Waals surface area contributed by atoms with Crippen LogP contribution < -0.4 is 5.32 Å². The van der Waals surface area contributed by atoms with E-state index < -0.39 is 9.84 Å². The molecule has 2 unspecified atom stereocenters. The van der Waals surface area contributed by atoms with E-state index in [0.29, 0.717) is 18.6 Å². The molecule has 2 fully saturated rings. The molecule has 16 heavy (non-hydrogen) atoms. The van der Waals surface area contributed by atoms with Gasteiger partial charge in [-0.3, -0.25) is 4.90 Å². The maximum atomic E-state index is 11.4. The summed E-state index contributed by atoms with van der Waals surface area (Å²) in [5.41, 5.74) is 0. The van der Waals surface area contributed by atoms with Gasteiger partial charge in [-0.15, -0.1) is 0 Å². The Labute approximate surface area is 98.3 Å². The highest BCUT2D eigenvalue weighted by atomic mass is 32.2. The van der Waals surface area contributed by atoms with Crippen LogP contribution in [0.15, 0.2) is 0 Å². The van der Waals surface area contributed by atoms with Crippen LogP contribution in [0.25, 0.3) is 0 Å². The van der Waals surface area contributed by atoms with E-state index >= 15 is 0 Å². The zero-order valence-electron chi connectivity index (χ0n) is 9.98. The molecule has 2 aliphatic rings. The van der Waals surface area contributed by atoms with Crippen molar-refractivity contribution in [2.45, 2.75) is 38.3 Å². The number of sulfone groups is 1. The molecule has 0 amide bonds. The Morgan fingerprint density at radius 1 is 1.31 bits per heavy atom. The second kappa shape index (κ2) is 5.02. The van der Waals surface area contributed by atoms with E-state index in [4.69, 9.17) is 0 Å². The highest BCUT2D eigenvalue weighted by molar-refractivity contribution is 7.91. The lowest BCUT2D eigenvalue weighted by atomic mass is 10.1. The lowest BCUT2D eigenvalue weighted by Crippen LogP contribution is -2.41. The third-order valence-electron chi connectivity index (χ3n) is 3.87.